The Morgan fingerprint density at radius 3 is 1.35 bits per heavy atom. The number of rotatable bonds is 39. The van der Waals surface area contributed by atoms with Gasteiger partial charge in [-0.2, -0.15) is 0 Å². The van der Waals surface area contributed by atoms with E-state index in [1.807, 2.05) is 24.3 Å². The van der Waals surface area contributed by atoms with E-state index in [1.165, 1.54) is 64.2 Å². The Morgan fingerprint density at radius 2 is 0.800 bits per heavy atom. The maximum Gasteiger partial charge on any atom is 0.306 e. The first-order valence-electron chi connectivity index (χ1n) is 22.5. The highest BCUT2D eigenvalue weighted by molar-refractivity contribution is 5.71. The van der Waals surface area contributed by atoms with Crippen LogP contribution in [0.15, 0.2) is 72.9 Å². The third-order valence-corrected chi connectivity index (χ3v) is 9.30. The molecule has 0 aliphatic heterocycles. The van der Waals surface area contributed by atoms with E-state index in [1.54, 1.807) is 0 Å². The molecule has 0 N–H and O–H groups in total. The predicted octanol–water partition coefficient (Wildman–Crippen LogP) is 14.3. The molecule has 6 heteroatoms. The molecule has 0 amide bonds. The second-order valence-corrected chi connectivity index (χ2v) is 14.6. The van der Waals surface area contributed by atoms with Gasteiger partial charge in [-0.15, -0.1) is 0 Å². The highest BCUT2D eigenvalue weighted by Crippen LogP contribution is 2.14. The molecule has 0 aliphatic carbocycles. The lowest BCUT2D eigenvalue weighted by Crippen LogP contribution is -2.30. The Hall–Kier alpha value is -3.15. The molecule has 6 nitrogen and oxygen atoms in total. The van der Waals surface area contributed by atoms with Crippen LogP contribution in [0.2, 0.25) is 0 Å². The Morgan fingerprint density at radius 1 is 0.400 bits per heavy atom. The highest BCUT2D eigenvalue weighted by Gasteiger charge is 2.19. The van der Waals surface area contributed by atoms with Crippen molar-refractivity contribution in [1.29, 1.82) is 0 Å². The first-order chi connectivity index (χ1) is 27.0. The van der Waals surface area contributed by atoms with Crippen molar-refractivity contribution in [1.82, 2.24) is 0 Å². The van der Waals surface area contributed by atoms with Crippen molar-refractivity contribution >= 4 is 17.9 Å². The molecule has 0 spiro atoms. The molecule has 0 aromatic rings. The molecule has 0 aromatic carbocycles. The monoisotopic (exact) mass is 767 g/mol. The van der Waals surface area contributed by atoms with Crippen molar-refractivity contribution < 1.29 is 28.6 Å². The van der Waals surface area contributed by atoms with E-state index in [-0.39, 0.29) is 31.1 Å². The number of hydrogen-bond acceptors (Lipinski definition) is 6. The molecule has 314 valence electrons. The SMILES string of the molecule is CC\C=C/C=C\C=C/C=C\CCCCCCCC(=O)OCC(COC(=O)CCCC/C=C\C/C=C\CC)OC(=O)CCCCCCCCCCCCCCC. The first kappa shape index (κ1) is 51.9. The minimum absolute atomic E-state index is 0.0975. The summed E-state index contributed by atoms with van der Waals surface area (Å²) in [5.74, 6) is -0.961. The van der Waals surface area contributed by atoms with Crippen molar-refractivity contribution in [2.24, 2.45) is 0 Å². The fourth-order valence-electron chi connectivity index (χ4n) is 5.96. The third kappa shape index (κ3) is 41.8. The molecule has 0 bridgehead atoms. The van der Waals surface area contributed by atoms with E-state index in [4.69, 9.17) is 14.2 Å². The van der Waals surface area contributed by atoms with Gasteiger partial charge in [-0.25, -0.2) is 0 Å². The van der Waals surface area contributed by atoms with E-state index in [9.17, 15) is 14.4 Å². The Balaban J connectivity index is 4.43. The van der Waals surface area contributed by atoms with Gasteiger partial charge in [-0.05, 0) is 64.2 Å². The van der Waals surface area contributed by atoms with Crippen LogP contribution in [-0.2, 0) is 28.6 Å². The summed E-state index contributed by atoms with van der Waals surface area (Å²) in [6, 6.07) is 0. The largest absolute Gasteiger partial charge is 0.462 e. The van der Waals surface area contributed by atoms with Gasteiger partial charge in [-0.3, -0.25) is 14.4 Å². The summed E-state index contributed by atoms with van der Waals surface area (Å²) in [6.45, 7) is 6.30. The van der Waals surface area contributed by atoms with Gasteiger partial charge in [0.1, 0.15) is 13.2 Å². The lowest BCUT2D eigenvalue weighted by Gasteiger charge is -2.18. The van der Waals surface area contributed by atoms with Crippen LogP contribution in [0.4, 0.5) is 0 Å². The zero-order valence-electron chi connectivity index (χ0n) is 35.7. The van der Waals surface area contributed by atoms with E-state index in [0.717, 1.165) is 96.3 Å². The van der Waals surface area contributed by atoms with Gasteiger partial charge in [0.2, 0.25) is 0 Å². The summed E-state index contributed by atoms with van der Waals surface area (Å²) in [5, 5.41) is 0. The number of hydrogen-bond donors (Lipinski definition) is 0. The van der Waals surface area contributed by atoms with Crippen LogP contribution in [0.1, 0.15) is 201 Å². The number of esters is 3. The molecular weight excluding hydrogens is 685 g/mol. The third-order valence-electron chi connectivity index (χ3n) is 9.30. The number of ether oxygens (including phenoxy) is 3. The van der Waals surface area contributed by atoms with Crippen LogP contribution in [0.5, 0.6) is 0 Å². The van der Waals surface area contributed by atoms with Crippen molar-refractivity contribution in [3.8, 4) is 0 Å². The van der Waals surface area contributed by atoms with Crippen molar-refractivity contribution in [2.45, 2.75) is 207 Å². The van der Waals surface area contributed by atoms with Crippen molar-refractivity contribution in [3.63, 3.8) is 0 Å². The summed E-state index contributed by atoms with van der Waals surface area (Å²) < 4.78 is 16.6. The summed E-state index contributed by atoms with van der Waals surface area (Å²) in [5.41, 5.74) is 0. The Kier molecular flexibility index (Phi) is 41.1. The Labute approximate surface area is 338 Å². The molecule has 0 rings (SSSR count). The zero-order valence-corrected chi connectivity index (χ0v) is 35.7. The number of allylic oxidation sites excluding steroid dienone is 12. The topological polar surface area (TPSA) is 78.9 Å². The average Bonchev–Trinajstić information content (AvgIpc) is 3.18. The maximum atomic E-state index is 12.7. The fourth-order valence-corrected chi connectivity index (χ4v) is 5.96. The van der Waals surface area contributed by atoms with E-state index >= 15 is 0 Å². The molecule has 0 radical (unpaired) electrons. The van der Waals surface area contributed by atoms with Gasteiger partial charge in [0, 0.05) is 19.3 Å². The van der Waals surface area contributed by atoms with Gasteiger partial charge in [0.25, 0.3) is 0 Å². The summed E-state index contributed by atoms with van der Waals surface area (Å²) in [4.78, 5) is 37.7. The van der Waals surface area contributed by atoms with Gasteiger partial charge in [-0.1, -0.05) is 190 Å². The van der Waals surface area contributed by atoms with Gasteiger partial charge in [0.15, 0.2) is 6.10 Å². The molecule has 0 heterocycles. The number of carbonyl (C=O) groups is 3. The van der Waals surface area contributed by atoms with Crippen LogP contribution in [-0.4, -0.2) is 37.2 Å². The first-order valence-corrected chi connectivity index (χ1v) is 22.5. The van der Waals surface area contributed by atoms with Crippen molar-refractivity contribution in [3.05, 3.63) is 72.9 Å². The van der Waals surface area contributed by atoms with Gasteiger partial charge in [0.05, 0.1) is 0 Å². The molecule has 0 saturated carbocycles. The molecule has 0 aliphatic rings. The van der Waals surface area contributed by atoms with Crippen LogP contribution in [0, 0.1) is 0 Å². The average molecular weight is 767 g/mol. The lowest BCUT2D eigenvalue weighted by atomic mass is 10.0. The minimum atomic E-state index is -0.793. The summed E-state index contributed by atoms with van der Waals surface area (Å²) in [7, 11) is 0. The summed E-state index contributed by atoms with van der Waals surface area (Å²) >= 11 is 0. The summed E-state index contributed by atoms with van der Waals surface area (Å²) in [6.07, 6.45) is 53.2. The highest BCUT2D eigenvalue weighted by atomic mass is 16.6. The quantitative estimate of drug-likeness (QED) is 0.0204. The van der Waals surface area contributed by atoms with Crippen molar-refractivity contribution in [2.75, 3.05) is 13.2 Å². The van der Waals surface area contributed by atoms with Crippen LogP contribution in [0.25, 0.3) is 0 Å². The molecule has 0 aromatic heterocycles. The van der Waals surface area contributed by atoms with Crippen LogP contribution >= 0.6 is 0 Å². The molecule has 0 fully saturated rings. The smallest absolute Gasteiger partial charge is 0.306 e. The molecule has 1 atom stereocenters. The number of carbonyl (C=O) groups excluding carboxylic acids is 3. The number of unbranched alkanes of at least 4 members (excludes halogenated alkanes) is 19. The van der Waals surface area contributed by atoms with E-state index in [0.29, 0.717) is 19.3 Å². The van der Waals surface area contributed by atoms with E-state index < -0.39 is 6.10 Å². The molecule has 55 heavy (non-hydrogen) atoms. The maximum absolute atomic E-state index is 12.7. The normalized spacial score (nSPS) is 12.7. The fraction of sp³-hybridized carbons (Fsp3) is 0.694. The predicted molar refractivity (Wildman–Crippen MR) is 233 cm³/mol. The van der Waals surface area contributed by atoms with Gasteiger partial charge < -0.3 is 14.2 Å². The van der Waals surface area contributed by atoms with Crippen LogP contribution in [0.3, 0.4) is 0 Å². The second-order valence-electron chi connectivity index (χ2n) is 14.6. The minimum Gasteiger partial charge on any atom is -0.462 e. The van der Waals surface area contributed by atoms with Crippen LogP contribution < -0.4 is 0 Å². The lowest BCUT2D eigenvalue weighted by molar-refractivity contribution is -0.167. The molecular formula is C49H82O6. The zero-order chi connectivity index (χ0) is 40.1. The van der Waals surface area contributed by atoms with E-state index in [2.05, 4.69) is 69.4 Å². The van der Waals surface area contributed by atoms with Gasteiger partial charge >= 0.3 is 17.9 Å². The standard InChI is InChI=1S/C49H82O6/c1-4-7-10-13-16-19-21-23-24-26-27-30-33-36-39-42-48(51)54-45-46(44-53-47(50)41-38-35-32-29-18-15-12-9-6-3)55-49(52)43-40-37-34-31-28-25-22-20-17-14-11-8-5-2/h7,9-10,12-13,16,18-19,21,23-24,29,46H,4-6,8,11,14-15,17,20,22,25-28,30-45H2,1-3H3/b10-7-,12-9-,16-13-,21-19-,24-23-,29-18-. The second kappa shape index (κ2) is 43.6. The molecule has 1 unspecified atom stereocenters. The Bertz CT molecular complexity index is 1070. The molecule has 0 saturated heterocycles.